The number of halogens is 2. The molecule has 1 aromatic rings. The second kappa shape index (κ2) is 7.40. The maximum atomic E-state index is 13.6. The predicted molar refractivity (Wildman–Crippen MR) is 81.7 cm³/mol. The van der Waals surface area contributed by atoms with Crippen LogP contribution in [0.4, 0.5) is 4.39 Å². The van der Waals surface area contributed by atoms with E-state index in [1.54, 1.807) is 0 Å². The van der Waals surface area contributed by atoms with Gasteiger partial charge in [0.25, 0.3) is 0 Å². The lowest BCUT2D eigenvalue weighted by Gasteiger charge is -2.14. The van der Waals surface area contributed by atoms with Crippen LogP contribution in [0.25, 0.3) is 6.08 Å². The number of ether oxygens (including phenoxy) is 1. The highest BCUT2D eigenvalue weighted by molar-refractivity contribution is 6.30. The third kappa shape index (κ3) is 4.84. The summed E-state index contributed by atoms with van der Waals surface area (Å²) in [7, 11) is 1.29. The standard InChI is InChI=1S/C16H17ClFNO3/c1-22-16(21)14(8-10-2-3-10)19-15(20)7-5-11-4-6-12(17)9-13(11)18/h4-7,9-10,14H,2-3,8H2,1H3,(H,19,20)/b7-5+/t14-/m0/s1. The van der Waals surface area contributed by atoms with Crippen LogP contribution >= 0.6 is 11.6 Å². The van der Waals surface area contributed by atoms with Crippen LogP contribution in [0.15, 0.2) is 24.3 Å². The van der Waals surface area contributed by atoms with E-state index in [1.165, 1.54) is 37.5 Å². The molecule has 22 heavy (non-hydrogen) atoms. The minimum absolute atomic E-state index is 0.247. The van der Waals surface area contributed by atoms with E-state index in [9.17, 15) is 14.0 Å². The van der Waals surface area contributed by atoms with E-state index >= 15 is 0 Å². The summed E-state index contributed by atoms with van der Waals surface area (Å²) in [5, 5.41) is 2.88. The predicted octanol–water partition coefficient (Wildman–Crippen LogP) is 2.95. The van der Waals surface area contributed by atoms with Crippen molar-refractivity contribution in [1.82, 2.24) is 5.32 Å². The number of methoxy groups -OCH3 is 1. The molecule has 1 saturated carbocycles. The summed E-state index contributed by atoms with van der Waals surface area (Å²) in [4.78, 5) is 23.5. The van der Waals surface area contributed by atoms with Crippen LogP contribution in [0, 0.1) is 11.7 Å². The van der Waals surface area contributed by atoms with Crippen molar-refractivity contribution < 1.29 is 18.7 Å². The molecule has 1 amide bonds. The molecule has 2 rings (SSSR count). The fourth-order valence-corrected chi connectivity index (χ4v) is 2.22. The molecule has 0 aromatic heterocycles. The van der Waals surface area contributed by atoms with Crippen LogP contribution in [0.2, 0.25) is 5.02 Å². The van der Waals surface area contributed by atoms with E-state index in [4.69, 9.17) is 11.6 Å². The third-order valence-corrected chi connectivity index (χ3v) is 3.68. The molecule has 1 N–H and O–H groups in total. The van der Waals surface area contributed by atoms with Gasteiger partial charge in [-0.25, -0.2) is 9.18 Å². The molecule has 118 valence electrons. The minimum atomic E-state index is -0.662. The highest BCUT2D eigenvalue weighted by atomic mass is 35.5. The van der Waals surface area contributed by atoms with Crippen molar-refractivity contribution in [3.63, 3.8) is 0 Å². The van der Waals surface area contributed by atoms with Crippen LogP contribution in [0.3, 0.4) is 0 Å². The van der Waals surface area contributed by atoms with E-state index in [1.807, 2.05) is 0 Å². The highest BCUT2D eigenvalue weighted by Gasteiger charge is 2.30. The summed E-state index contributed by atoms with van der Waals surface area (Å²) in [5.74, 6) is -0.988. The van der Waals surface area contributed by atoms with Gasteiger partial charge in [-0.3, -0.25) is 4.79 Å². The summed E-state index contributed by atoms with van der Waals surface area (Å²) < 4.78 is 18.3. The number of hydrogen-bond acceptors (Lipinski definition) is 3. The van der Waals surface area contributed by atoms with Gasteiger partial charge in [0.2, 0.25) is 5.91 Å². The molecule has 1 aliphatic carbocycles. The summed E-state index contributed by atoms with van der Waals surface area (Å²) in [6, 6.07) is 3.52. The van der Waals surface area contributed by atoms with Gasteiger partial charge in [-0.15, -0.1) is 0 Å². The molecule has 0 saturated heterocycles. The largest absolute Gasteiger partial charge is 0.467 e. The summed E-state index contributed by atoms with van der Waals surface area (Å²) >= 11 is 5.66. The van der Waals surface area contributed by atoms with Crippen molar-refractivity contribution in [1.29, 1.82) is 0 Å². The fraction of sp³-hybridized carbons (Fsp3) is 0.375. The van der Waals surface area contributed by atoms with Crippen LogP contribution in [0.5, 0.6) is 0 Å². The molecular formula is C16H17ClFNO3. The molecule has 4 nitrogen and oxygen atoms in total. The maximum Gasteiger partial charge on any atom is 0.328 e. The number of hydrogen-bond donors (Lipinski definition) is 1. The molecule has 1 atom stereocenters. The average Bonchev–Trinajstić information content (AvgIpc) is 3.29. The van der Waals surface area contributed by atoms with E-state index in [0.29, 0.717) is 12.3 Å². The zero-order valence-corrected chi connectivity index (χ0v) is 12.9. The van der Waals surface area contributed by atoms with Gasteiger partial charge < -0.3 is 10.1 Å². The SMILES string of the molecule is COC(=O)[C@H](CC1CC1)NC(=O)/C=C/c1ccc(Cl)cc1F. The molecule has 1 aliphatic rings. The van der Waals surface area contributed by atoms with E-state index in [0.717, 1.165) is 12.8 Å². The van der Waals surface area contributed by atoms with Gasteiger partial charge >= 0.3 is 5.97 Å². The molecule has 0 aliphatic heterocycles. The Bertz CT molecular complexity index is 599. The van der Waals surface area contributed by atoms with Crippen LogP contribution < -0.4 is 5.32 Å². The van der Waals surface area contributed by atoms with Gasteiger partial charge in [0.15, 0.2) is 0 Å². The number of amides is 1. The molecule has 0 heterocycles. The number of carbonyl (C=O) groups is 2. The van der Waals surface area contributed by atoms with Gasteiger partial charge in [-0.1, -0.05) is 30.5 Å². The zero-order chi connectivity index (χ0) is 16.1. The zero-order valence-electron chi connectivity index (χ0n) is 12.1. The van der Waals surface area contributed by atoms with Gasteiger partial charge in [0, 0.05) is 16.7 Å². The molecule has 1 fully saturated rings. The van der Waals surface area contributed by atoms with Crippen molar-refractivity contribution >= 4 is 29.6 Å². The first-order chi connectivity index (χ1) is 10.5. The Balaban J connectivity index is 1.97. The average molecular weight is 326 g/mol. The lowest BCUT2D eigenvalue weighted by atomic mass is 10.1. The third-order valence-electron chi connectivity index (χ3n) is 3.44. The molecule has 6 heteroatoms. The summed E-state index contributed by atoms with van der Waals surface area (Å²) in [5.41, 5.74) is 0.247. The van der Waals surface area contributed by atoms with Crippen LogP contribution in [0.1, 0.15) is 24.8 Å². The summed E-state index contributed by atoms with van der Waals surface area (Å²) in [6.07, 6.45) is 5.23. The van der Waals surface area contributed by atoms with Gasteiger partial charge in [0.05, 0.1) is 7.11 Å². The Kier molecular flexibility index (Phi) is 5.55. The maximum absolute atomic E-state index is 13.6. The smallest absolute Gasteiger partial charge is 0.328 e. The summed E-state index contributed by atoms with van der Waals surface area (Å²) in [6.45, 7) is 0. The molecule has 0 spiro atoms. The lowest BCUT2D eigenvalue weighted by molar-refractivity contribution is -0.144. The molecule has 0 bridgehead atoms. The highest BCUT2D eigenvalue weighted by Crippen LogP contribution is 2.33. The van der Waals surface area contributed by atoms with E-state index in [-0.39, 0.29) is 10.6 Å². The monoisotopic (exact) mass is 325 g/mol. The second-order valence-corrected chi connectivity index (χ2v) is 5.70. The topological polar surface area (TPSA) is 55.4 Å². The van der Waals surface area contributed by atoms with Crippen molar-refractivity contribution in [2.45, 2.75) is 25.3 Å². The first-order valence-electron chi connectivity index (χ1n) is 7.01. The minimum Gasteiger partial charge on any atom is -0.467 e. The normalized spacial score (nSPS) is 15.6. The Labute approximate surface area is 133 Å². The van der Waals surface area contributed by atoms with Gasteiger partial charge in [-0.05, 0) is 30.5 Å². The van der Waals surface area contributed by atoms with E-state index < -0.39 is 23.7 Å². The number of rotatable bonds is 6. The van der Waals surface area contributed by atoms with Crippen molar-refractivity contribution in [2.24, 2.45) is 5.92 Å². The van der Waals surface area contributed by atoms with Crippen LogP contribution in [-0.4, -0.2) is 25.0 Å². The Morgan fingerprint density at radius 3 is 2.82 bits per heavy atom. The Hall–Kier alpha value is -1.88. The first kappa shape index (κ1) is 16.5. The molecule has 0 unspecified atom stereocenters. The van der Waals surface area contributed by atoms with Crippen LogP contribution in [-0.2, 0) is 14.3 Å². The fourth-order valence-electron chi connectivity index (χ4n) is 2.07. The van der Waals surface area contributed by atoms with Gasteiger partial charge in [0.1, 0.15) is 11.9 Å². The molecule has 0 radical (unpaired) electrons. The quantitative estimate of drug-likeness (QED) is 0.646. The van der Waals surface area contributed by atoms with Crippen molar-refractivity contribution in [2.75, 3.05) is 7.11 Å². The number of nitrogens with one attached hydrogen (secondary N) is 1. The number of benzene rings is 1. The Morgan fingerprint density at radius 2 is 2.23 bits per heavy atom. The molecular weight excluding hydrogens is 309 g/mol. The van der Waals surface area contributed by atoms with Crippen molar-refractivity contribution in [3.8, 4) is 0 Å². The first-order valence-corrected chi connectivity index (χ1v) is 7.39. The number of carbonyl (C=O) groups excluding carboxylic acids is 2. The lowest BCUT2D eigenvalue weighted by Crippen LogP contribution is -2.41. The Morgan fingerprint density at radius 1 is 1.50 bits per heavy atom. The van der Waals surface area contributed by atoms with E-state index in [2.05, 4.69) is 10.1 Å². The van der Waals surface area contributed by atoms with Crippen molar-refractivity contribution in [3.05, 3.63) is 40.7 Å². The van der Waals surface area contributed by atoms with Gasteiger partial charge in [-0.2, -0.15) is 0 Å². The number of esters is 1. The second-order valence-electron chi connectivity index (χ2n) is 5.26. The molecule has 1 aromatic carbocycles.